The largest absolute Gasteiger partial charge is 0.326 e. The van der Waals surface area contributed by atoms with Gasteiger partial charge in [0.05, 0.1) is 19.9 Å². The molecule has 2 aliphatic rings. The third kappa shape index (κ3) is 7.85. The van der Waals surface area contributed by atoms with Gasteiger partial charge in [0.25, 0.3) is 11.8 Å². The van der Waals surface area contributed by atoms with E-state index in [2.05, 4.69) is 10.6 Å². The molecule has 0 spiro atoms. The Kier molecular flexibility index (Phi) is 10.9. The lowest BCUT2D eigenvalue weighted by Crippen LogP contribution is -2.31. The number of hydrogen-bond acceptors (Lipinski definition) is 8. The molecular weight excluding hydrogens is 669 g/mol. The van der Waals surface area contributed by atoms with Gasteiger partial charge in [-0.1, -0.05) is 71.2 Å². The first-order chi connectivity index (χ1) is 19.9. The van der Waals surface area contributed by atoms with E-state index in [0.29, 0.717) is 11.4 Å². The van der Waals surface area contributed by atoms with E-state index >= 15 is 0 Å². The highest BCUT2D eigenvalue weighted by atomic mass is 35.5. The molecule has 2 saturated heterocycles. The molecule has 2 aliphatic heterocycles. The average Bonchev–Trinajstić information content (AvgIpc) is 3.37. The first-order valence-corrected chi connectivity index (χ1v) is 15.5. The lowest BCUT2D eigenvalue weighted by molar-refractivity contribution is -0.124. The molecule has 2 N–H and O–H groups in total. The summed E-state index contributed by atoms with van der Waals surface area (Å²) in [6.07, 6.45) is 0.692. The van der Waals surface area contributed by atoms with Crippen molar-refractivity contribution in [3.63, 3.8) is 0 Å². The molecule has 0 aliphatic carbocycles. The number of thioether (sulfide) groups is 2. The van der Waals surface area contributed by atoms with Crippen LogP contribution in [0.2, 0.25) is 10.0 Å². The molecule has 0 atom stereocenters. The van der Waals surface area contributed by atoms with Crippen LogP contribution in [0.4, 0.5) is 20.2 Å². The number of amides is 4. The van der Waals surface area contributed by atoms with Crippen molar-refractivity contribution in [2.45, 2.75) is 25.7 Å². The summed E-state index contributed by atoms with van der Waals surface area (Å²) in [5, 5.41) is 4.99. The monoisotopic (exact) mass is 688 g/mol. The third-order valence-electron chi connectivity index (χ3n) is 5.88. The van der Waals surface area contributed by atoms with Crippen molar-refractivity contribution in [2.75, 3.05) is 23.7 Å². The van der Waals surface area contributed by atoms with Crippen LogP contribution in [0.25, 0.3) is 0 Å². The Morgan fingerprint density at radius 1 is 0.738 bits per heavy atom. The number of carbonyl (C=O) groups is 4. The second-order valence-corrected chi connectivity index (χ2v) is 13.0. The molecule has 0 radical (unpaired) electrons. The minimum atomic E-state index is -0.599. The van der Waals surface area contributed by atoms with Crippen molar-refractivity contribution in [3.05, 3.63) is 67.9 Å². The van der Waals surface area contributed by atoms with Gasteiger partial charge >= 0.3 is 0 Å². The highest BCUT2D eigenvalue weighted by Crippen LogP contribution is 2.42. The normalized spacial score (nSPS) is 17.0. The average molecular weight is 690 g/mol. The quantitative estimate of drug-likeness (QED) is 0.220. The topological polar surface area (TPSA) is 98.8 Å². The van der Waals surface area contributed by atoms with Crippen molar-refractivity contribution in [1.82, 2.24) is 9.80 Å². The second-order valence-electron chi connectivity index (χ2n) is 8.87. The Bertz CT molecular complexity index is 1430. The molecule has 2 aromatic carbocycles. The molecule has 4 amide bonds. The van der Waals surface area contributed by atoms with Crippen LogP contribution in [-0.4, -0.2) is 55.2 Å². The van der Waals surface area contributed by atoms with Gasteiger partial charge in [-0.05, 0) is 49.2 Å². The predicted octanol–water partition coefficient (Wildman–Crippen LogP) is 6.34. The van der Waals surface area contributed by atoms with E-state index < -0.39 is 23.4 Å². The second kappa shape index (κ2) is 14.2. The zero-order valence-electron chi connectivity index (χ0n) is 21.4. The molecule has 2 fully saturated rings. The number of thiocarbonyl (C=S) groups is 2. The molecule has 42 heavy (non-hydrogen) atoms. The summed E-state index contributed by atoms with van der Waals surface area (Å²) in [6.45, 7) is 0.306. The van der Waals surface area contributed by atoms with Gasteiger partial charge in [-0.2, -0.15) is 0 Å². The summed E-state index contributed by atoms with van der Waals surface area (Å²) < 4.78 is 27.1. The third-order valence-corrected chi connectivity index (χ3v) is 9.49. The van der Waals surface area contributed by atoms with Gasteiger partial charge in [0, 0.05) is 37.3 Å². The summed E-state index contributed by atoms with van der Waals surface area (Å²) in [5.41, 5.74) is 0.690. The van der Waals surface area contributed by atoms with Gasteiger partial charge in [-0.3, -0.25) is 29.0 Å². The molecule has 16 heteroatoms. The highest BCUT2D eigenvalue weighted by molar-refractivity contribution is 8.29. The molecule has 2 aromatic rings. The summed E-state index contributed by atoms with van der Waals surface area (Å²) in [4.78, 5) is 53.8. The zero-order chi connectivity index (χ0) is 30.6. The van der Waals surface area contributed by atoms with E-state index in [9.17, 15) is 28.0 Å². The summed E-state index contributed by atoms with van der Waals surface area (Å²) in [5.74, 6) is -2.80. The lowest BCUT2D eigenvalue weighted by atomic mass is 10.2. The number of nitrogens with zero attached hydrogens (tertiary/aromatic N) is 2. The van der Waals surface area contributed by atoms with Gasteiger partial charge in [0.1, 0.15) is 20.3 Å². The Morgan fingerprint density at radius 3 is 1.48 bits per heavy atom. The predicted molar refractivity (Wildman–Crippen MR) is 169 cm³/mol. The van der Waals surface area contributed by atoms with Crippen molar-refractivity contribution < 1.29 is 28.0 Å². The van der Waals surface area contributed by atoms with Crippen molar-refractivity contribution in [2.24, 2.45) is 0 Å². The van der Waals surface area contributed by atoms with Crippen LogP contribution in [0.3, 0.4) is 0 Å². The molecule has 0 aromatic heterocycles. The van der Waals surface area contributed by atoms with E-state index in [1.54, 1.807) is 0 Å². The maximum atomic E-state index is 13.3. The van der Waals surface area contributed by atoms with Crippen molar-refractivity contribution in [3.8, 4) is 0 Å². The molecule has 2 heterocycles. The van der Waals surface area contributed by atoms with Crippen LogP contribution in [0, 0.1) is 11.6 Å². The summed E-state index contributed by atoms with van der Waals surface area (Å²) in [7, 11) is 0. The number of benzene rings is 2. The van der Waals surface area contributed by atoms with Crippen LogP contribution < -0.4 is 10.6 Å². The van der Waals surface area contributed by atoms with Crippen LogP contribution in [0.15, 0.2) is 46.2 Å². The summed E-state index contributed by atoms with van der Waals surface area (Å²) >= 11 is 24.1. The molecule has 0 bridgehead atoms. The van der Waals surface area contributed by atoms with Gasteiger partial charge < -0.3 is 10.6 Å². The minimum Gasteiger partial charge on any atom is -0.326 e. The molecule has 0 unspecified atom stereocenters. The van der Waals surface area contributed by atoms with Crippen LogP contribution in [-0.2, 0) is 19.2 Å². The Labute approximate surface area is 268 Å². The van der Waals surface area contributed by atoms with Gasteiger partial charge in [0.15, 0.2) is 0 Å². The van der Waals surface area contributed by atoms with Gasteiger partial charge in [-0.15, -0.1) is 0 Å². The van der Waals surface area contributed by atoms with E-state index in [1.165, 1.54) is 34.1 Å². The Morgan fingerprint density at radius 2 is 1.12 bits per heavy atom. The molecule has 4 rings (SSSR count). The van der Waals surface area contributed by atoms with Crippen LogP contribution in [0.5, 0.6) is 0 Å². The lowest BCUT2D eigenvalue weighted by Gasteiger charge is -2.15. The molecule has 8 nitrogen and oxygen atoms in total. The number of halogens is 4. The maximum absolute atomic E-state index is 13.3. The first kappa shape index (κ1) is 32.3. The van der Waals surface area contributed by atoms with Crippen LogP contribution >= 0.6 is 71.2 Å². The number of nitrogens with one attached hydrogen (secondary N) is 2. The number of rotatable bonds is 10. The number of carbonyl (C=O) groups excluding carboxylic acids is 4. The standard InChI is InChI=1S/C26H20Cl2F2N4O4S4/c27-15-11-13(5-7-17(15)29)31-19(35)3-1-9-33-23(37)21(41-25(33)39)22-24(38)34(26(40)42-22)10-2-4-20(36)32-14-6-8-18(30)16(28)12-14/h5-8,11-12H,1-4,9-10H2,(H,31,35)(H,32,36). The molecule has 0 saturated carbocycles. The Balaban J connectivity index is 1.27. The molecular formula is C26H20Cl2F2N4O4S4. The maximum Gasteiger partial charge on any atom is 0.267 e. The van der Waals surface area contributed by atoms with E-state index in [0.717, 1.165) is 35.7 Å². The van der Waals surface area contributed by atoms with Gasteiger partial charge in [-0.25, -0.2) is 8.78 Å². The van der Waals surface area contributed by atoms with E-state index in [4.69, 9.17) is 47.6 Å². The van der Waals surface area contributed by atoms with Gasteiger partial charge in [0.2, 0.25) is 11.8 Å². The zero-order valence-corrected chi connectivity index (χ0v) is 26.2. The SMILES string of the molecule is O=C(CCCN1C(=O)C(=C2SC(=S)N(CCCC(=O)Nc3ccc(F)c(Cl)c3)C2=O)SC1=S)Nc1ccc(F)c(Cl)c1. The Hall–Kier alpha value is -2.62. The fourth-order valence-electron chi connectivity index (χ4n) is 3.85. The number of anilines is 2. The minimum absolute atomic E-state index is 0.0608. The van der Waals surface area contributed by atoms with Crippen molar-refractivity contribution in [1.29, 1.82) is 0 Å². The van der Waals surface area contributed by atoms with E-state index in [-0.39, 0.29) is 79.1 Å². The molecule has 220 valence electrons. The first-order valence-electron chi connectivity index (χ1n) is 12.3. The summed E-state index contributed by atoms with van der Waals surface area (Å²) in [6, 6.07) is 7.65. The highest BCUT2D eigenvalue weighted by Gasteiger charge is 2.41. The fourth-order valence-corrected chi connectivity index (χ4v) is 6.98. The smallest absolute Gasteiger partial charge is 0.267 e. The van der Waals surface area contributed by atoms with E-state index in [1.807, 2.05) is 0 Å². The fraction of sp³-hybridized carbons (Fsp3) is 0.231. The number of hydrogen-bond donors (Lipinski definition) is 2. The van der Waals surface area contributed by atoms with Crippen LogP contribution in [0.1, 0.15) is 25.7 Å². The van der Waals surface area contributed by atoms with Crippen molar-refractivity contribution >= 4 is 115 Å².